The molecule has 0 saturated carbocycles. The maximum atomic E-state index is 5.88. The van der Waals surface area contributed by atoms with Gasteiger partial charge in [-0.05, 0) is 44.2 Å². The molecule has 1 rings (SSSR count). The lowest BCUT2D eigenvalue weighted by molar-refractivity contribution is 0.527. The number of anilines is 1. The Morgan fingerprint density at radius 2 is 2.00 bits per heavy atom. The molecule has 0 amide bonds. The summed E-state index contributed by atoms with van der Waals surface area (Å²) in [4.78, 5) is 4.13. The minimum absolute atomic E-state index is 0.477. The molecule has 0 spiro atoms. The van der Waals surface area contributed by atoms with Crippen molar-refractivity contribution in [1.29, 1.82) is 0 Å². The monoisotopic (exact) mass is 240 g/mol. The van der Waals surface area contributed by atoms with Crippen molar-refractivity contribution >= 4 is 17.3 Å². The smallest absolute Gasteiger partial charge is 0.132 e. The highest BCUT2D eigenvalue weighted by Gasteiger charge is 2.05. The van der Waals surface area contributed by atoms with Crippen LogP contribution in [0.15, 0.2) is 12.3 Å². The van der Waals surface area contributed by atoms with Gasteiger partial charge in [0.2, 0.25) is 0 Å². The standard InChI is InChI=1S/C13H21ClN2/c1-9(2)5-6-11(4)16-12-7-10(3)13(14)15-8-12/h7-9,11,16H,5-6H2,1-4H3. The van der Waals surface area contributed by atoms with Gasteiger partial charge in [-0.1, -0.05) is 25.4 Å². The Hall–Kier alpha value is -0.760. The average molecular weight is 241 g/mol. The van der Waals surface area contributed by atoms with E-state index < -0.39 is 0 Å². The third-order valence-corrected chi connectivity index (χ3v) is 3.00. The van der Waals surface area contributed by atoms with Crippen molar-refractivity contribution in [1.82, 2.24) is 4.98 Å². The molecule has 1 atom stereocenters. The van der Waals surface area contributed by atoms with Crippen LogP contribution >= 0.6 is 11.6 Å². The Morgan fingerprint density at radius 1 is 1.31 bits per heavy atom. The van der Waals surface area contributed by atoms with Crippen LogP contribution in [0.4, 0.5) is 5.69 Å². The second-order valence-electron chi connectivity index (χ2n) is 4.85. The highest BCUT2D eigenvalue weighted by molar-refractivity contribution is 6.30. The van der Waals surface area contributed by atoms with Crippen LogP contribution in [0.5, 0.6) is 0 Å². The molecule has 0 aromatic carbocycles. The molecule has 16 heavy (non-hydrogen) atoms. The molecule has 90 valence electrons. The average Bonchev–Trinajstić information content (AvgIpc) is 2.21. The zero-order chi connectivity index (χ0) is 12.1. The first-order valence-electron chi connectivity index (χ1n) is 5.87. The van der Waals surface area contributed by atoms with Crippen LogP contribution < -0.4 is 5.32 Å². The van der Waals surface area contributed by atoms with Crippen molar-refractivity contribution in [3.8, 4) is 0 Å². The summed E-state index contributed by atoms with van der Waals surface area (Å²) in [5.74, 6) is 0.759. The number of nitrogens with one attached hydrogen (secondary N) is 1. The molecule has 1 aromatic rings. The van der Waals surface area contributed by atoms with Crippen molar-refractivity contribution < 1.29 is 0 Å². The fourth-order valence-electron chi connectivity index (χ4n) is 1.58. The molecule has 1 unspecified atom stereocenters. The van der Waals surface area contributed by atoms with E-state index in [4.69, 9.17) is 11.6 Å². The molecular weight excluding hydrogens is 220 g/mol. The number of hydrogen-bond acceptors (Lipinski definition) is 2. The molecule has 3 heteroatoms. The molecule has 0 saturated heterocycles. The number of hydrogen-bond donors (Lipinski definition) is 1. The van der Waals surface area contributed by atoms with Crippen molar-refractivity contribution in [2.24, 2.45) is 5.92 Å². The SMILES string of the molecule is Cc1cc(NC(C)CCC(C)C)cnc1Cl. The molecule has 0 fully saturated rings. The van der Waals surface area contributed by atoms with E-state index in [2.05, 4.69) is 31.1 Å². The zero-order valence-corrected chi connectivity index (χ0v) is 11.3. The third-order valence-electron chi connectivity index (χ3n) is 2.60. The maximum Gasteiger partial charge on any atom is 0.132 e. The summed E-state index contributed by atoms with van der Waals surface area (Å²) in [5.41, 5.74) is 2.07. The summed E-state index contributed by atoms with van der Waals surface area (Å²) in [6.45, 7) is 8.67. The van der Waals surface area contributed by atoms with Crippen molar-refractivity contribution in [3.63, 3.8) is 0 Å². The third kappa shape index (κ3) is 4.40. The first-order valence-corrected chi connectivity index (χ1v) is 6.25. The lowest BCUT2D eigenvalue weighted by atomic mass is 10.0. The quantitative estimate of drug-likeness (QED) is 0.777. The molecule has 0 bridgehead atoms. The van der Waals surface area contributed by atoms with E-state index in [0.717, 1.165) is 17.2 Å². The zero-order valence-electron chi connectivity index (χ0n) is 10.5. The lowest BCUT2D eigenvalue weighted by Gasteiger charge is -2.16. The maximum absolute atomic E-state index is 5.88. The van der Waals surface area contributed by atoms with Gasteiger partial charge in [0.15, 0.2) is 0 Å². The van der Waals surface area contributed by atoms with Crippen molar-refractivity contribution in [2.45, 2.75) is 46.6 Å². The molecular formula is C13H21ClN2. The van der Waals surface area contributed by atoms with Gasteiger partial charge in [0.1, 0.15) is 5.15 Å². The van der Waals surface area contributed by atoms with E-state index >= 15 is 0 Å². The van der Waals surface area contributed by atoms with Crippen LogP contribution in [0.3, 0.4) is 0 Å². The lowest BCUT2D eigenvalue weighted by Crippen LogP contribution is -2.16. The molecule has 0 radical (unpaired) electrons. The molecule has 1 N–H and O–H groups in total. The number of halogens is 1. The Labute approximate surface area is 103 Å². The van der Waals surface area contributed by atoms with E-state index in [1.54, 1.807) is 6.20 Å². The summed E-state index contributed by atoms with van der Waals surface area (Å²) < 4.78 is 0. The molecule has 2 nitrogen and oxygen atoms in total. The summed E-state index contributed by atoms with van der Waals surface area (Å²) in [5, 5.41) is 4.03. The van der Waals surface area contributed by atoms with Gasteiger partial charge >= 0.3 is 0 Å². The van der Waals surface area contributed by atoms with Gasteiger partial charge in [-0.2, -0.15) is 0 Å². The van der Waals surface area contributed by atoms with Gasteiger partial charge in [0, 0.05) is 6.04 Å². The fourth-order valence-corrected chi connectivity index (χ4v) is 1.68. The van der Waals surface area contributed by atoms with Crippen LogP contribution in [-0.2, 0) is 0 Å². The van der Waals surface area contributed by atoms with Crippen LogP contribution in [0, 0.1) is 12.8 Å². The fraction of sp³-hybridized carbons (Fsp3) is 0.615. The van der Waals surface area contributed by atoms with E-state index in [-0.39, 0.29) is 0 Å². The highest BCUT2D eigenvalue weighted by atomic mass is 35.5. The number of pyridine rings is 1. The number of aryl methyl sites for hydroxylation is 1. The summed E-state index contributed by atoms with van der Waals surface area (Å²) in [6.07, 6.45) is 4.22. The Bertz CT molecular complexity index is 337. The minimum atomic E-state index is 0.477. The van der Waals surface area contributed by atoms with E-state index in [0.29, 0.717) is 11.2 Å². The first-order chi connectivity index (χ1) is 7.49. The second-order valence-corrected chi connectivity index (χ2v) is 5.21. The predicted octanol–water partition coefficient (Wildman–Crippen LogP) is 4.28. The Balaban J connectivity index is 2.49. The van der Waals surface area contributed by atoms with Crippen LogP contribution in [0.25, 0.3) is 0 Å². The molecule has 0 aliphatic rings. The van der Waals surface area contributed by atoms with Crippen molar-refractivity contribution in [2.75, 3.05) is 5.32 Å². The number of aromatic nitrogens is 1. The van der Waals surface area contributed by atoms with Gasteiger partial charge < -0.3 is 5.32 Å². The van der Waals surface area contributed by atoms with Gasteiger partial charge in [-0.15, -0.1) is 0 Å². The predicted molar refractivity (Wildman–Crippen MR) is 71.1 cm³/mol. The second kappa shape index (κ2) is 6.09. The van der Waals surface area contributed by atoms with Crippen LogP contribution in [-0.4, -0.2) is 11.0 Å². The van der Waals surface area contributed by atoms with Crippen LogP contribution in [0.1, 0.15) is 39.2 Å². The summed E-state index contributed by atoms with van der Waals surface area (Å²) in [6, 6.07) is 2.52. The molecule has 1 heterocycles. The minimum Gasteiger partial charge on any atom is -0.381 e. The van der Waals surface area contributed by atoms with E-state index in [1.807, 2.05) is 13.0 Å². The van der Waals surface area contributed by atoms with E-state index in [1.165, 1.54) is 12.8 Å². The largest absolute Gasteiger partial charge is 0.381 e. The van der Waals surface area contributed by atoms with Crippen LogP contribution in [0.2, 0.25) is 5.15 Å². The normalized spacial score (nSPS) is 12.9. The van der Waals surface area contributed by atoms with E-state index in [9.17, 15) is 0 Å². The molecule has 1 aromatic heterocycles. The highest BCUT2D eigenvalue weighted by Crippen LogP contribution is 2.18. The molecule has 0 aliphatic carbocycles. The Kier molecular flexibility index (Phi) is 5.07. The topological polar surface area (TPSA) is 24.9 Å². The van der Waals surface area contributed by atoms with Gasteiger partial charge in [0.25, 0.3) is 0 Å². The summed E-state index contributed by atoms with van der Waals surface area (Å²) in [7, 11) is 0. The van der Waals surface area contributed by atoms with Gasteiger partial charge in [-0.25, -0.2) is 4.98 Å². The number of nitrogens with zero attached hydrogens (tertiary/aromatic N) is 1. The molecule has 0 aliphatic heterocycles. The van der Waals surface area contributed by atoms with Gasteiger partial charge in [-0.3, -0.25) is 0 Å². The number of rotatable bonds is 5. The Morgan fingerprint density at radius 3 is 2.56 bits per heavy atom. The first kappa shape index (κ1) is 13.3. The van der Waals surface area contributed by atoms with Crippen molar-refractivity contribution in [3.05, 3.63) is 23.0 Å². The summed E-state index contributed by atoms with van der Waals surface area (Å²) >= 11 is 5.88. The van der Waals surface area contributed by atoms with Gasteiger partial charge in [0.05, 0.1) is 11.9 Å².